The number of rotatable bonds is 7. The van der Waals surface area contributed by atoms with Crippen molar-refractivity contribution >= 4 is 0 Å². The third-order valence-electron chi connectivity index (χ3n) is 3.13. The molecule has 0 radical (unpaired) electrons. The van der Waals surface area contributed by atoms with Gasteiger partial charge in [-0.05, 0) is 18.3 Å². The molecule has 0 bridgehead atoms. The average Bonchev–Trinajstić information content (AvgIpc) is 2.66. The Hall–Kier alpha value is -0.830. The predicted molar refractivity (Wildman–Crippen MR) is 77.7 cm³/mol. The molecule has 0 unspecified atom stereocenters. The van der Waals surface area contributed by atoms with Crippen molar-refractivity contribution in [3.05, 3.63) is 17.5 Å². The lowest BCUT2D eigenvalue weighted by Gasteiger charge is -2.15. The van der Waals surface area contributed by atoms with Crippen LogP contribution in [0.5, 0.6) is 0 Å². The van der Waals surface area contributed by atoms with Crippen molar-refractivity contribution in [1.82, 2.24) is 15.1 Å². The highest BCUT2D eigenvalue weighted by Gasteiger charge is 2.14. The molecule has 0 aliphatic heterocycles. The first-order chi connectivity index (χ1) is 8.41. The number of nitrogens with zero attached hydrogens (tertiary/aromatic N) is 2. The zero-order valence-electron chi connectivity index (χ0n) is 12.8. The molecule has 0 spiro atoms. The van der Waals surface area contributed by atoms with E-state index in [9.17, 15) is 0 Å². The summed E-state index contributed by atoms with van der Waals surface area (Å²) in [5, 5.41) is 8.05. The van der Waals surface area contributed by atoms with Gasteiger partial charge in [0.15, 0.2) is 0 Å². The lowest BCUT2D eigenvalue weighted by atomic mass is 10.0. The van der Waals surface area contributed by atoms with Crippen LogP contribution in [0.4, 0.5) is 0 Å². The van der Waals surface area contributed by atoms with Gasteiger partial charge in [-0.1, -0.05) is 41.5 Å². The van der Waals surface area contributed by atoms with Crippen LogP contribution in [0.1, 0.15) is 65.1 Å². The van der Waals surface area contributed by atoms with Crippen molar-refractivity contribution in [1.29, 1.82) is 0 Å². The summed E-state index contributed by atoms with van der Waals surface area (Å²) < 4.78 is 2.20. The minimum absolute atomic E-state index is 0.518. The summed E-state index contributed by atoms with van der Waals surface area (Å²) in [4.78, 5) is 0. The molecular formula is C15H29N3. The van der Waals surface area contributed by atoms with E-state index in [4.69, 9.17) is 0 Å². The number of nitrogens with one attached hydrogen (secondary N) is 1. The SMILES string of the molecule is CC(C)CCn1ncc(CNC(C)C)c1C(C)C. The van der Waals surface area contributed by atoms with Crippen LogP contribution in [-0.2, 0) is 13.1 Å². The van der Waals surface area contributed by atoms with Gasteiger partial charge in [0.1, 0.15) is 0 Å². The van der Waals surface area contributed by atoms with Gasteiger partial charge in [-0.25, -0.2) is 0 Å². The van der Waals surface area contributed by atoms with E-state index in [1.807, 2.05) is 6.20 Å². The summed E-state index contributed by atoms with van der Waals surface area (Å²) in [5.74, 6) is 1.26. The van der Waals surface area contributed by atoms with E-state index >= 15 is 0 Å². The van der Waals surface area contributed by atoms with E-state index in [2.05, 4.69) is 56.6 Å². The third-order valence-corrected chi connectivity index (χ3v) is 3.13. The van der Waals surface area contributed by atoms with Crippen molar-refractivity contribution < 1.29 is 0 Å². The molecule has 0 aliphatic rings. The summed E-state index contributed by atoms with van der Waals surface area (Å²) in [6.07, 6.45) is 3.23. The normalized spacial score (nSPS) is 12.1. The number of aromatic nitrogens is 2. The number of hydrogen-bond acceptors (Lipinski definition) is 2. The average molecular weight is 251 g/mol. The highest BCUT2D eigenvalue weighted by molar-refractivity contribution is 5.21. The maximum Gasteiger partial charge on any atom is 0.0537 e. The van der Waals surface area contributed by atoms with Crippen molar-refractivity contribution in [2.75, 3.05) is 0 Å². The largest absolute Gasteiger partial charge is 0.310 e. The van der Waals surface area contributed by atoms with Crippen LogP contribution >= 0.6 is 0 Å². The molecular weight excluding hydrogens is 222 g/mol. The van der Waals surface area contributed by atoms with Gasteiger partial charge in [0, 0.05) is 30.4 Å². The van der Waals surface area contributed by atoms with Crippen molar-refractivity contribution in [2.45, 2.75) is 73.0 Å². The number of aryl methyl sites for hydroxylation is 1. The van der Waals surface area contributed by atoms with Gasteiger partial charge in [-0.15, -0.1) is 0 Å². The molecule has 0 amide bonds. The minimum Gasteiger partial charge on any atom is -0.310 e. The Bertz CT molecular complexity index is 321. The highest BCUT2D eigenvalue weighted by Crippen LogP contribution is 2.20. The molecule has 0 saturated carbocycles. The fourth-order valence-electron chi connectivity index (χ4n) is 2.11. The molecule has 1 aromatic rings. The molecule has 0 fully saturated rings. The maximum absolute atomic E-state index is 4.56. The van der Waals surface area contributed by atoms with Gasteiger partial charge in [0.25, 0.3) is 0 Å². The van der Waals surface area contributed by atoms with Crippen molar-refractivity contribution in [3.63, 3.8) is 0 Å². The van der Waals surface area contributed by atoms with Crippen LogP contribution in [0, 0.1) is 5.92 Å². The molecule has 1 N–H and O–H groups in total. The van der Waals surface area contributed by atoms with Gasteiger partial charge in [-0.2, -0.15) is 5.10 Å². The van der Waals surface area contributed by atoms with Crippen LogP contribution in [0.2, 0.25) is 0 Å². The van der Waals surface area contributed by atoms with Crippen LogP contribution in [0.3, 0.4) is 0 Å². The quantitative estimate of drug-likeness (QED) is 0.803. The second kappa shape index (κ2) is 6.93. The van der Waals surface area contributed by atoms with Gasteiger partial charge in [0.2, 0.25) is 0 Å². The summed E-state index contributed by atoms with van der Waals surface area (Å²) in [6, 6.07) is 0.518. The Morgan fingerprint density at radius 3 is 2.33 bits per heavy atom. The molecule has 1 rings (SSSR count). The zero-order chi connectivity index (χ0) is 13.7. The zero-order valence-corrected chi connectivity index (χ0v) is 12.8. The predicted octanol–water partition coefficient (Wildman–Crippen LogP) is 3.55. The number of hydrogen-bond donors (Lipinski definition) is 1. The Labute approximate surface area is 112 Å². The molecule has 0 aliphatic carbocycles. The molecule has 0 aromatic carbocycles. The summed E-state index contributed by atoms with van der Waals surface area (Å²) in [7, 11) is 0. The summed E-state index contributed by atoms with van der Waals surface area (Å²) in [5.41, 5.74) is 2.74. The minimum atomic E-state index is 0.518. The van der Waals surface area contributed by atoms with E-state index in [1.54, 1.807) is 0 Å². The van der Waals surface area contributed by atoms with Crippen molar-refractivity contribution in [3.8, 4) is 0 Å². The van der Waals surface area contributed by atoms with E-state index < -0.39 is 0 Å². The Morgan fingerprint density at radius 2 is 1.83 bits per heavy atom. The van der Waals surface area contributed by atoms with E-state index in [1.165, 1.54) is 17.7 Å². The fourth-order valence-corrected chi connectivity index (χ4v) is 2.11. The maximum atomic E-state index is 4.56. The van der Waals surface area contributed by atoms with E-state index in [0.29, 0.717) is 12.0 Å². The monoisotopic (exact) mass is 251 g/mol. The molecule has 3 nitrogen and oxygen atoms in total. The van der Waals surface area contributed by atoms with Gasteiger partial charge in [-0.3, -0.25) is 4.68 Å². The second-order valence-corrected chi connectivity index (χ2v) is 6.15. The first kappa shape index (κ1) is 15.2. The van der Waals surface area contributed by atoms with Crippen LogP contribution in [-0.4, -0.2) is 15.8 Å². The van der Waals surface area contributed by atoms with Crippen LogP contribution < -0.4 is 5.32 Å². The third kappa shape index (κ3) is 4.45. The molecule has 0 atom stereocenters. The molecule has 1 heterocycles. The first-order valence-electron chi connectivity index (χ1n) is 7.19. The Balaban J connectivity index is 2.78. The molecule has 3 heteroatoms. The summed E-state index contributed by atoms with van der Waals surface area (Å²) >= 11 is 0. The van der Waals surface area contributed by atoms with Gasteiger partial charge < -0.3 is 5.32 Å². The lowest BCUT2D eigenvalue weighted by Crippen LogP contribution is -2.22. The smallest absolute Gasteiger partial charge is 0.0537 e. The van der Waals surface area contributed by atoms with E-state index in [-0.39, 0.29) is 0 Å². The lowest BCUT2D eigenvalue weighted by molar-refractivity contribution is 0.468. The summed E-state index contributed by atoms with van der Waals surface area (Å²) in [6.45, 7) is 15.3. The van der Waals surface area contributed by atoms with Crippen LogP contribution in [0.15, 0.2) is 6.20 Å². The Morgan fingerprint density at radius 1 is 1.17 bits per heavy atom. The van der Waals surface area contributed by atoms with Crippen LogP contribution in [0.25, 0.3) is 0 Å². The standard InChI is InChI=1S/C15H29N3/c1-11(2)7-8-18-15(12(3)4)14(10-17-18)9-16-13(5)6/h10-13,16H,7-9H2,1-6H3. The Kier molecular flexibility index (Phi) is 5.86. The molecule has 1 aromatic heterocycles. The fraction of sp³-hybridized carbons (Fsp3) is 0.800. The van der Waals surface area contributed by atoms with Crippen molar-refractivity contribution in [2.24, 2.45) is 5.92 Å². The first-order valence-corrected chi connectivity index (χ1v) is 7.19. The molecule has 104 valence electrons. The topological polar surface area (TPSA) is 29.9 Å². The molecule has 0 saturated heterocycles. The highest BCUT2D eigenvalue weighted by atomic mass is 15.3. The van der Waals surface area contributed by atoms with Gasteiger partial charge in [0.05, 0.1) is 6.20 Å². The second-order valence-electron chi connectivity index (χ2n) is 6.15. The molecule has 18 heavy (non-hydrogen) atoms. The van der Waals surface area contributed by atoms with E-state index in [0.717, 1.165) is 19.0 Å². The van der Waals surface area contributed by atoms with Gasteiger partial charge >= 0.3 is 0 Å².